The SMILES string of the molecule is CCc1cc(Br)ccc1NC(=O)COC(=O)[C@H]1CC(=O)N(NC(=O)c2ccccc2[N+](=O)[O-])C1. The fourth-order valence-corrected chi connectivity index (χ4v) is 3.81. The topological polar surface area (TPSA) is 148 Å². The first kappa shape index (κ1) is 24.8. The van der Waals surface area contributed by atoms with Gasteiger partial charge in [0.1, 0.15) is 5.56 Å². The van der Waals surface area contributed by atoms with Crippen molar-refractivity contribution in [2.24, 2.45) is 5.92 Å². The molecule has 34 heavy (non-hydrogen) atoms. The molecule has 0 radical (unpaired) electrons. The average molecular weight is 533 g/mol. The zero-order valence-corrected chi connectivity index (χ0v) is 19.7. The number of halogens is 1. The minimum absolute atomic E-state index is 0.182. The first-order chi connectivity index (χ1) is 16.2. The van der Waals surface area contributed by atoms with E-state index in [0.29, 0.717) is 12.1 Å². The van der Waals surface area contributed by atoms with Crippen LogP contribution < -0.4 is 10.7 Å². The number of amides is 3. The molecule has 0 saturated carbocycles. The van der Waals surface area contributed by atoms with E-state index in [0.717, 1.165) is 15.0 Å². The predicted molar refractivity (Wildman–Crippen MR) is 123 cm³/mol. The van der Waals surface area contributed by atoms with Crippen LogP contribution in [-0.2, 0) is 25.5 Å². The number of hydrogen-bond donors (Lipinski definition) is 2. The van der Waals surface area contributed by atoms with Crippen LogP contribution in [0.15, 0.2) is 46.9 Å². The molecular weight excluding hydrogens is 512 g/mol. The summed E-state index contributed by atoms with van der Waals surface area (Å²) in [6.45, 7) is 1.22. The Labute approximate surface area is 202 Å². The molecule has 1 heterocycles. The highest BCUT2D eigenvalue weighted by atomic mass is 79.9. The standard InChI is InChI=1S/C22H21BrN4O7/c1-2-13-9-15(23)7-8-17(13)24-19(28)12-34-22(31)14-10-20(29)26(11-14)25-21(30)16-5-3-4-6-18(16)27(32)33/h3-9,14H,2,10-12H2,1H3,(H,24,28)(H,25,30)/t14-/m0/s1. The van der Waals surface area contributed by atoms with Crippen molar-refractivity contribution in [2.45, 2.75) is 19.8 Å². The third-order valence-electron chi connectivity index (χ3n) is 5.11. The first-order valence-electron chi connectivity index (χ1n) is 10.3. The Morgan fingerprint density at radius 2 is 1.97 bits per heavy atom. The number of aryl methyl sites for hydroxylation is 1. The van der Waals surface area contributed by atoms with Crippen LogP contribution in [0.5, 0.6) is 0 Å². The van der Waals surface area contributed by atoms with Gasteiger partial charge in [-0.05, 0) is 36.2 Å². The molecule has 1 fully saturated rings. The summed E-state index contributed by atoms with van der Waals surface area (Å²) in [7, 11) is 0. The highest BCUT2D eigenvalue weighted by molar-refractivity contribution is 9.10. The molecule has 2 aromatic carbocycles. The molecular formula is C22H21BrN4O7. The van der Waals surface area contributed by atoms with Gasteiger partial charge in [-0.25, -0.2) is 0 Å². The Balaban J connectivity index is 1.53. The van der Waals surface area contributed by atoms with E-state index in [1.165, 1.54) is 24.3 Å². The summed E-state index contributed by atoms with van der Waals surface area (Å²) in [6, 6.07) is 10.7. The van der Waals surface area contributed by atoms with Crippen LogP contribution in [0.4, 0.5) is 11.4 Å². The minimum Gasteiger partial charge on any atom is -0.455 e. The van der Waals surface area contributed by atoms with Gasteiger partial charge in [-0.3, -0.25) is 39.7 Å². The average Bonchev–Trinajstić information content (AvgIpc) is 3.18. The monoisotopic (exact) mass is 532 g/mol. The maximum Gasteiger partial charge on any atom is 0.311 e. The number of hydrogen-bond acceptors (Lipinski definition) is 7. The quantitative estimate of drug-likeness (QED) is 0.301. The number of nitrogens with one attached hydrogen (secondary N) is 2. The molecule has 0 unspecified atom stereocenters. The van der Waals surface area contributed by atoms with Gasteiger partial charge in [0.05, 0.1) is 17.4 Å². The van der Waals surface area contributed by atoms with Gasteiger partial charge in [-0.2, -0.15) is 0 Å². The Hall–Kier alpha value is -3.80. The lowest BCUT2D eigenvalue weighted by atomic mass is 10.1. The number of anilines is 1. The van der Waals surface area contributed by atoms with Crippen LogP contribution >= 0.6 is 15.9 Å². The largest absolute Gasteiger partial charge is 0.455 e. The van der Waals surface area contributed by atoms with Gasteiger partial charge < -0.3 is 10.1 Å². The lowest BCUT2D eigenvalue weighted by Crippen LogP contribution is -2.43. The number of carbonyl (C=O) groups is 4. The number of para-hydroxylation sites is 1. The van der Waals surface area contributed by atoms with Crippen LogP contribution in [0.25, 0.3) is 0 Å². The van der Waals surface area contributed by atoms with Gasteiger partial charge in [0.25, 0.3) is 17.5 Å². The normalized spacial score (nSPS) is 15.1. The van der Waals surface area contributed by atoms with Crippen LogP contribution in [-0.4, -0.2) is 46.8 Å². The van der Waals surface area contributed by atoms with E-state index in [1.54, 1.807) is 12.1 Å². The smallest absolute Gasteiger partial charge is 0.311 e. The molecule has 178 valence electrons. The van der Waals surface area contributed by atoms with Crippen molar-refractivity contribution in [2.75, 3.05) is 18.5 Å². The second-order valence-corrected chi connectivity index (χ2v) is 8.35. The van der Waals surface area contributed by atoms with E-state index in [9.17, 15) is 29.3 Å². The molecule has 3 amide bonds. The van der Waals surface area contributed by atoms with Gasteiger partial charge in [0, 0.05) is 22.6 Å². The highest BCUT2D eigenvalue weighted by Crippen LogP contribution is 2.22. The Morgan fingerprint density at radius 1 is 1.24 bits per heavy atom. The zero-order chi connectivity index (χ0) is 24.8. The lowest BCUT2D eigenvalue weighted by molar-refractivity contribution is -0.385. The molecule has 3 rings (SSSR count). The van der Waals surface area contributed by atoms with E-state index < -0.39 is 46.8 Å². The van der Waals surface area contributed by atoms with Gasteiger partial charge in [-0.1, -0.05) is 35.0 Å². The number of nitro benzene ring substituents is 1. The van der Waals surface area contributed by atoms with Gasteiger partial charge in [0.2, 0.25) is 5.91 Å². The molecule has 1 atom stereocenters. The van der Waals surface area contributed by atoms with Gasteiger partial charge >= 0.3 is 5.97 Å². The first-order valence-corrected chi connectivity index (χ1v) is 11.1. The van der Waals surface area contributed by atoms with E-state index >= 15 is 0 Å². The number of carbonyl (C=O) groups excluding carboxylic acids is 4. The number of nitrogens with zero attached hydrogens (tertiary/aromatic N) is 2. The van der Waals surface area contributed by atoms with Crippen molar-refractivity contribution in [3.8, 4) is 0 Å². The lowest BCUT2D eigenvalue weighted by Gasteiger charge is -2.17. The Morgan fingerprint density at radius 3 is 2.68 bits per heavy atom. The summed E-state index contributed by atoms with van der Waals surface area (Å²) < 4.78 is 5.93. The van der Waals surface area contributed by atoms with E-state index in [4.69, 9.17) is 4.74 Å². The number of esters is 1. The van der Waals surface area contributed by atoms with Crippen LogP contribution in [0.1, 0.15) is 29.3 Å². The summed E-state index contributed by atoms with van der Waals surface area (Å²) in [5.74, 6) is -3.60. The van der Waals surface area contributed by atoms with Crippen molar-refractivity contribution in [3.05, 3.63) is 68.2 Å². The molecule has 2 N–H and O–H groups in total. The summed E-state index contributed by atoms with van der Waals surface area (Å²) in [6.07, 6.45) is 0.455. The summed E-state index contributed by atoms with van der Waals surface area (Å²) >= 11 is 3.37. The molecule has 1 aliphatic rings. The third kappa shape index (κ3) is 5.95. The Bertz CT molecular complexity index is 1150. The fourth-order valence-electron chi connectivity index (χ4n) is 3.40. The number of hydrazine groups is 1. The van der Waals surface area contributed by atoms with Crippen LogP contribution in [0, 0.1) is 16.0 Å². The predicted octanol–water partition coefficient (Wildman–Crippen LogP) is 2.59. The number of rotatable bonds is 8. The second kappa shape index (κ2) is 10.9. The maximum absolute atomic E-state index is 12.4. The molecule has 0 spiro atoms. The van der Waals surface area contributed by atoms with Crippen molar-refractivity contribution in [3.63, 3.8) is 0 Å². The molecule has 12 heteroatoms. The zero-order valence-electron chi connectivity index (χ0n) is 18.1. The minimum atomic E-state index is -0.898. The molecule has 1 saturated heterocycles. The van der Waals surface area contributed by atoms with E-state index in [-0.39, 0.29) is 18.5 Å². The summed E-state index contributed by atoms with van der Waals surface area (Å²) in [5, 5.41) is 14.7. The third-order valence-corrected chi connectivity index (χ3v) is 5.60. The second-order valence-electron chi connectivity index (χ2n) is 7.43. The van der Waals surface area contributed by atoms with Gasteiger partial charge in [-0.15, -0.1) is 0 Å². The molecule has 1 aliphatic heterocycles. The van der Waals surface area contributed by atoms with Crippen molar-refractivity contribution in [1.82, 2.24) is 10.4 Å². The number of nitro groups is 1. The van der Waals surface area contributed by atoms with Crippen molar-refractivity contribution in [1.29, 1.82) is 0 Å². The van der Waals surface area contributed by atoms with E-state index in [2.05, 4.69) is 26.7 Å². The van der Waals surface area contributed by atoms with Crippen molar-refractivity contribution < 1.29 is 28.8 Å². The highest BCUT2D eigenvalue weighted by Gasteiger charge is 2.37. The molecule has 0 aromatic heterocycles. The van der Waals surface area contributed by atoms with Crippen molar-refractivity contribution >= 4 is 51.0 Å². The fraction of sp³-hybridized carbons (Fsp3) is 0.273. The molecule has 2 aromatic rings. The Kier molecular flexibility index (Phi) is 7.95. The van der Waals surface area contributed by atoms with Gasteiger partial charge in [0.15, 0.2) is 6.61 Å². The van der Waals surface area contributed by atoms with Crippen LogP contribution in [0.2, 0.25) is 0 Å². The van der Waals surface area contributed by atoms with Crippen LogP contribution in [0.3, 0.4) is 0 Å². The number of benzene rings is 2. The van der Waals surface area contributed by atoms with E-state index in [1.807, 2.05) is 13.0 Å². The molecule has 11 nitrogen and oxygen atoms in total. The summed E-state index contributed by atoms with van der Waals surface area (Å²) in [4.78, 5) is 59.7. The molecule has 0 aliphatic carbocycles. The number of ether oxygens (including phenoxy) is 1. The maximum atomic E-state index is 12.4. The molecule has 0 bridgehead atoms. The summed E-state index contributed by atoms with van der Waals surface area (Å²) in [5.41, 5.74) is 3.16.